The second-order valence-corrected chi connectivity index (χ2v) is 8.31. The second-order valence-electron chi connectivity index (χ2n) is 8.31. The Kier molecular flexibility index (Phi) is 9.64. The molecule has 4 rings (SSSR count). The molecular formula is C26H34N6O7. The molecule has 1 saturated heterocycles. The van der Waals surface area contributed by atoms with E-state index in [4.69, 9.17) is 33.2 Å². The average Bonchev–Trinajstić information content (AvgIpc) is 2.97. The molecule has 0 amide bonds. The highest BCUT2D eigenvalue weighted by molar-refractivity contribution is 5.68. The van der Waals surface area contributed by atoms with Crippen molar-refractivity contribution in [1.82, 2.24) is 19.9 Å². The molecule has 1 aliphatic heterocycles. The first-order valence-electron chi connectivity index (χ1n) is 12.3. The third kappa shape index (κ3) is 7.00. The van der Waals surface area contributed by atoms with Crippen molar-refractivity contribution in [1.29, 1.82) is 0 Å². The molecule has 2 heterocycles. The van der Waals surface area contributed by atoms with Crippen LogP contribution < -0.4 is 39.1 Å². The Bertz CT molecular complexity index is 1190. The van der Waals surface area contributed by atoms with Crippen molar-refractivity contribution >= 4 is 23.3 Å². The lowest BCUT2D eigenvalue weighted by Gasteiger charge is -2.26. The van der Waals surface area contributed by atoms with Crippen LogP contribution in [0.4, 0.5) is 23.3 Å². The molecule has 2 aromatic carbocycles. The van der Waals surface area contributed by atoms with Gasteiger partial charge in [-0.05, 0) is 0 Å². The molecule has 0 saturated carbocycles. The van der Waals surface area contributed by atoms with E-state index < -0.39 is 0 Å². The average molecular weight is 543 g/mol. The smallest absolute Gasteiger partial charge is 0.232 e. The van der Waals surface area contributed by atoms with Gasteiger partial charge in [-0.15, -0.1) is 0 Å². The summed E-state index contributed by atoms with van der Waals surface area (Å²) in [5.74, 6) is 3.66. The summed E-state index contributed by atoms with van der Waals surface area (Å²) in [7, 11) is 7.81. The summed E-state index contributed by atoms with van der Waals surface area (Å²) < 4.78 is 38.9. The molecule has 0 aliphatic carbocycles. The fourth-order valence-corrected chi connectivity index (χ4v) is 4.02. The molecule has 13 nitrogen and oxygen atoms in total. The zero-order valence-corrected chi connectivity index (χ0v) is 22.8. The highest BCUT2D eigenvalue weighted by Crippen LogP contribution is 2.42. The van der Waals surface area contributed by atoms with Crippen LogP contribution in [-0.4, -0.2) is 94.9 Å². The van der Waals surface area contributed by atoms with Gasteiger partial charge in [0.1, 0.15) is 12.9 Å². The van der Waals surface area contributed by atoms with E-state index >= 15 is 0 Å². The molecule has 1 fully saturated rings. The van der Waals surface area contributed by atoms with Crippen LogP contribution >= 0.6 is 0 Å². The number of nitrogens with zero attached hydrogens (tertiary/aromatic N) is 4. The topological polar surface area (TPSA) is 131 Å². The Balaban J connectivity index is 1.48. The summed E-state index contributed by atoms with van der Waals surface area (Å²) in [5.41, 5.74) is 1.29. The Morgan fingerprint density at radius 2 is 1.21 bits per heavy atom. The standard InChI is InChI=1S/C26H34N6O7/c1-33-19-12-17(13-20(34-2)23(19)37-5)29-25-27-16-28-26(31-25)30-18-14-21(35-3)24(22(15-18)36-4)39-11-8-32-6-9-38-10-7-32/h12-16H,6-11H2,1-5H3,(H2,27,28,29,30,31). The van der Waals surface area contributed by atoms with Gasteiger partial charge in [0.25, 0.3) is 0 Å². The van der Waals surface area contributed by atoms with Crippen LogP contribution in [0.15, 0.2) is 30.6 Å². The summed E-state index contributed by atoms with van der Waals surface area (Å²) in [6, 6.07) is 7.10. The van der Waals surface area contributed by atoms with Gasteiger partial charge in [0.15, 0.2) is 23.0 Å². The van der Waals surface area contributed by atoms with E-state index in [0.29, 0.717) is 64.4 Å². The lowest BCUT2D eigenvalue weighted by Crippen LogP contribution is -2.38. The van der Waals surface area contributed by atoms with E-state index in [2.05, 4.69) is 30.5 Å². The van der Waals surface area contributed by atoms with E-state index in [1.807, 2.05) is 0 Å². The van der Waals surface area contributed by atoms with Crippen molar-refractivity contribution in [2.45, 2.75) is 0 Å². The number of nitrogens with one attached hydrogen (secondary N) is 2. The molecule has 39 heavy (non-hydrogen) atoms. The van der Waals surface area contributed by atoms with E-state index in [1.165, 1.54) is 6.33 Å². The first kappa shape index (κ1) is 27.8. The zero-order valence-electron chi connectivity index (χ0n) is 22.8. The van der Waals surface area contributed by atoms with Crippen molar-refractivity contribution in [2.75, 3.05) is 85.6 Å². The summed E-state index contributed by atoms with van der Waals surface area (Å²) >= 11 is 0. The SMILES string of the molecule is COc1cc(Nc2ncnc(Nc3cc(OC)c(OCCN4CCOCC4)c(OC)c3)n2)cc(OC)c1OC. The normalized spacial score (nSPS) is 13.4. The van der Waals surface area contributed by atoms with Crippen LogP contribution in [0.25, 0.3) is 0 Å². The summed E-state index contributed by atoms with van der Waals surface area (Å²) in [6.07, 6.45) is 1.40. The second kappa shape index (κ2) is 13.5. The molecule has 3 aromatic rings. The molecule has 1 aliphatic rings. The van der Waals surface area contributed by atoms with Gasteiger partial charge in [-0.2, -0.15) is 4.98 Å². The number of rotatable bonds is 13. The molecule has 0 unspecified atom stereocenters. The fraction of sp³-hybridized carbons (Fsp3) is 0.423. The predicted octanol–water partition coefficient (Wildman–Crippen LogP) is 3.11. The minimum Gasteiger partial charge on any atom is -0.493 e. The first-order valence-corrected chi connectivity index (χ1v) is 12.3. The summed E-state index contributed by atoms with van der Waals surface area (Å²) in [5, 5.41) is 6.30. The molecule has 210 valence electrons. The lowest BCUT2D eigenvalue weighted by molar-refractivity contribution is 0.0319. The van der Waals surface area contributed by atoms with Gasteiger partial charge in [0.2, 0.25) is 23.4 Å². The van der Waals surface area contributed by atoms with Crippen molar-refractivity contribution in [3.8, 4) is 34.5 Å². The number of hydrogen-bond donors (Lipinski definition) is 2. The van der Waals surface area contributed by atoms with Crippen LogP contribution in [0.2, 0.25) is 0 Å². The van der Waals surface area contributed by atoms with Crippen molar-refractivity contribution in [2.24, 2.45) is 0 Å². The molecule has 2 N–H and O–H groups in total. The van der Waals surface area contributed by atoms with Crippen LogP contribution in [-0.2, 0) is 4.74 Å². The van der Waals surface area contributed by atoms with Crippen LogP contribution in [0, 0.1) is 0 Å². The van der Waals surface area contributed by atoms with Crippen LogP contribution in [0.1, 0.15) is 0 Å². The number of aromatic nitrogens is 3. The van der Waals surface area contributed by atoms with Gasteiger partial charge in [-0.25, -0.2) is 9.97 Å². The van der Waals surface area contributed by atoms with Crippen molar-refractivity contribution < 1.29 is 33.2 Å². The van der Waals surface area contributed by atoms with E-state index in [-0.39, 0.29) is 0 Å². The minimum atomic E-state index is 0.309. The number of benzene rings is 2. The van der Waals surface area contributed by atoms with Gasteiger partial charge in [0.05, 0.1) is 48.8 Å². The number of methoxy groups -OCH3 is 5. The van der Waals surface area contributed by atoms with Crippen molar-refractivity contribution in [3.05, 3.63) is 30.6 Å². The number of morpholine rings is 1. The fourth-order valence-electron chi connectivity index (χ4n) is 4.02. The summed E-state index contributed by atoms with van der Waals surface area (Å²) in [4.78, 5) is 15.2. The monoisotopic (exact) mass is 542 g/mol. The van der Waals surface area contributed by atoms with Gasteiger partial charge in [-0.3, -0.25) is 4.90 Å². The predicted molar refractivity (Wildman–Crippen MR) is 145 cm³/mol. The number of hydrogen-bond acceptors (Lipinski definition) is 13. The van der Waals surface area contributed by atoms with Crippen molar-refractivity contribution in [3.63, 3.8) is 0 Å². The van der Waals surface area contributed by atoms with Gasteiger partial charge in [-0.1, -0.05) is 0 Å². The Hall–Kier alpha value is -4.23. The first-order chi connectivity index (χ1) is 19.1. The van der Waals surface area contributed by atoms with Crippen LogP contribution in [0.5, 0.6) is 34.5 Å². The molecular weight excluding hydrogens is 508 g/mol. The molecule has 1 aromatic heterocycles. The zero-order chi connectivity index (χ0) is 27.6. The Morgan fingerprint density at radius 1 is 0.718 bits per heavy atom. The van der Waals surface area contributed by atoms with E-state index in [9.17, 15) is 0 Å². The maximum Gasteiger partial charge on any atom is 0.232 e. The molecule has 0 spiro atoms. The highest BCUT2D eigenvalue weighted by atomic mass is 16.5. The Labute approximate surface area is 227 Å². The molecule has 0 bridgehead atoms. The van der Waals surface area contributed by atoms with Gasteiger partial charge >= 0.3 is 0 Å². The highest BCUT2D eigenvalue weighted by Gasteiger charge is 2.17. The minimum absolute atomic E-state index is 0.309. The number of ether oxygens (including phenoxy) is 7. The molecule has 0 radical (unpaired) electrons. The van der Waals surface area contributed by atoms with Crippen LogP contribution in [0.3, 0.4) is 0 Å². The third-order valence-electron chi connectivity index (χ3n) is 5.97. The lowest BCUT2D eigenvalue weighted by atomic mass is 10.2. The van der Waals surface area contributed by atoms with Gasteiger partial charge < -0.3 is 43.8 Å². The quantitative estimate of drug-likeness (QED) is 0.328. The maximum absolute atomic E-state index is 6.06. The van der Waals surface area contributed by atoms with E-state index in [0.717, 1.165) is 32.8 Å². The third-order valence-corrected chi connectivity index (χ3v) is 5.97. The molecule has 0 atom stereocenters. The maximum atomic E-state index is 6.06. The van der Waals surface area contributed by atoms with E-state index in [1.54, 1.807) is 59.8 Å². The number of anilines is 4. The molecule has 13 heteroatoms. The largest absolute Gasteiger partial charge is 0.493 e. The van der Waals surface area contributed by atoms with Gasteiger partial charge in [0, 0.05) is 55.3 Å². The Morgan fingerprint density at radius 3 is 1.67 bits per heavy atom. The summed E-state index contributed by atoms with van der Waals surface area (Å²) in [6.45, 7) is 4.53.